The van der Waals surface area contributed by atoms with Gasteiger partial charge in [0.2, 0.25) is 0 Å². The number of nitrogens with zero attached hydrogens (tertiary/aromatic N) is 1. The number of hydrogen-bond acceptors (Lipinski definition) is 5. The fourth-order valence-corrected chi connectivity index (χ4v) is 2.47. The molecule has 5 N–H and O–H groups in total. The van der Waals surface area contributed by atoms with Crippen molar-refractivity contribution in [3.8, 4) is 0 Å². The average molecular weight is 410 g/mol. The van der Waals surface area contributed by atoms with Crippen molar-refractivity contribution in [2.24, 2.45) is 0 Å². The summed E-state index contributed by atoms with van der Waals surface area (Å²) in [6, 6.07) is 3.53. The first kappa shape index (κ1) is 15.9. The molecule has 0 saturated carbocycles. The largest absolute Gasteiger partial charge is 0.391 e. The van der Waals surface area contributed by atoms with Crippen LogP contribution in [0.25, 0.3) is 11.0 Å². The molecule has 1 aromatic carbocycles. The van der Waals surface area contributed by atoms with E-state index in [4.69, 9.17) is 0 Å². The van der Waals surface area contributed by atoms with Crippen LogP contribution in [-0.2, 0) is 0 Å². The molecule has 20 heavy (non-hydrogen) atoms. The second-order valence-electron chi connectivity index (χ2n) is 4.57. The third-order valence-electron chi connectivity index (χ3n) is 2.99. The maximum Gasteiger partial charge on any atom is 0.140 e. The number of aromatic amines is 1. The van der Waals surface area contributed by atoms with Crippen molar-refractivity contribution in [1.82, 2.24) is 9.97 Å². The number of hydrogen-bond donors (Lipinski definition) is 5. The normalized spacial score (nSPS) is 17.9. The van der Waals surface area contributed by atoms with Gasteiger partial charge in [0.05, 0.1) is 17.1 Å². The number of nitrogens with one attached hydrogen (secondary N) is 1. The quantitative estimate of drug-likeness (QED) is 0.521. The molecule has 0 bridgehead atoms. The SMILES string of the molecule is C[C@@H](O)[C@@H](O)[C@H](O)[C@H](O)c1nc2cc(Br)c(Br)cc2[nH]1. The molecular formula is C12H14Br2N2O4. The van der Waals surface area contributed by atoms with Crippen LogP contribution in [0.1, 0.15) is 18.9 Å². The van der Waals surface area contributed by atoms with E-state index in [1.165, 1.54) is 6.92 Å². The molecule has 0 saturated heterocycles. The first-order valence-corrected chi connectivity index (χ1v) is 7.46. The Balaban J connectivity index is 2.33. The minimum atomic E-state index is -1.54. The van der Waals surface area contributed by atoms with E-state index in [2.05, 4.69) is 41.8 Å². The van der Waals surface area contributed by atoms with Gasteiger partial charge in [-0.15, -0.1) is 0 Å². The van der Waals surface area contributed by atoms with Crippen molar-refractivity contribution in [1.29, 1.82) is 0 Å². The number of aromatic nitrogens is 2. The van der Waals surface area contributed by atoms with Crippen molar-refractivity contribution in [2.75, 3.05) is 0 Å². The minimum Gasteiger partial charge on any atom is -0.391 e. The molecule has 1 aromatic heterocycles. The molecule has 0 spiro atoms. The predicted molar refractivity (Wildman–Crippen MR) is 80.1 cm³/mol. The fourth-order valence-electron chi connectivity index (χ4n) is 1.80. The number of H-pyrrole nitrogens is 1. The van der Waals surface area contributed by atoms with E-state index in [0.717, 1.165) is 8.95 Å². The molecule has 0 aliphatic carbocycles. The highest BCUT2D eigenvalue weighted by molar-refractivity contribution is 9.13. The van der Waals surface area contributed by atoms with Gasteiger partial charge in [0.1, 0.15) is 24.1 Å². The summed E-state index contributed by atoms with van der Waals surface area (Å²) in [6.07, 6.45) is -5.59. The molecule has 2 aromatic rings. The molecule has 0 aliphatic heterocycles. The van der Waals surface area contributed by atoms with Gasteiger partial charge in [0.15, 0.2) is 0 Å². The summed E-state index contributed by atoms with van der Waals surface area (Å²) in [7, 11) is 0. The second-order valence-corrected chi connectivity index (χ2v) is 6.28. The Morgan fingerprint density at radius 2 is 1.65 bits per heavy atom. The van der Waals surface area contributed by atoms with Crippen LogP contribution in [-0.4, -0.2) is 48.7 Å². The van der Waals surface area contributed by atoms with Crippen molar-refractivity contribution in [3.05, 3.63) is 26.9 Å². The van der Waals surface area contributed by atoms with E-state index in [0.29, 0.717) is 11.0 Å². The molecule has 4 atom stereocenters. The Kier molecular flexibility index (Phi) is 4.83. The molecule has 8 heteroatoms. The maximum absolute atomic E-state index is 10.0. The third kappa shape index (κ3) is 3.05. The van der Waals surface area contributed by atoms with Crippen molar-refractivity contribution < 1.29 is 20.4 Å². The van der Waals surface area contributed by atoms with Gasteiger partial charge < -0.3 is 25.4 Å². The van der Waals surface area contributed by atoms with Crippen molar-refractivity contribution >= 4 is 42.9 Å². The standard InChI is InChI=1S/C12H14Br2N2O4/c1-4(17)9(18)10(19)11(20)12-15-7-2-5(13)6(14)3-8(7)16-12/h2-4,9-11,17-20H,1H3,(H,15,16)/t4-,9-,10+,11+/m1/s1. The summed E-state index contributed by atoms with van der Waals surface area (Å²) in [5.74, 6) is 0.122. The Morgan fingerprint density at radius 3 is 2.25 bits per heavy atom. The van der Waals surface area contributed by atoms with E-state index < -0.39 is 24.4 Å². The Bertz CT molecular complexity index is 578. The highest BCUT2D eigenvalue weighted by atomic mass is 79.9. The summed E-state index contributed by atoms with van der Waals surface area (Å²) in [5, 5.41) is 38.6. The Hall–Kier alpha value is -0.510. The van der Waals surface area contributed by atoms with E-state index in [-0.39, 0.29) is 5.82 Å². The zero-order valence-corrected chi connectivity index (χ0v) is 13.6. The van der Waals surface area contributed by atoms with Crippen molar-refractivity contribution in [2.45, 2.75) is 31.3 Å². The van der Waals surface area contributed by atoms with Gasteiger partial charge in [-0.2, -0.15) is 0 Å². The van der Waals surface area contributed by atoms with E-state index in [1.807, 2.05) is 0 Å². The third-order valence-corrected chi connectivity index (χ3v) is 4.83. The van der Waals surface area contributed by atoms with Gasteiger partial charge in [-0.25, -0.2) is 4.98 Å². The number of rotatable bonds is 4. The molecule has 0 amide bonds. The first-order chi connectivity index (χ1) is 9.31. The van der Waals surface area contributed by atoms with Gasteiger partial charge in [-0.05, 0) is 50.9 Å². The molecule has 0 unspecified atom stereocenters. The lowest BCUT2D eigenvalue weighted by molar-refractivity contribution is -0.103. The lowest BCUT2D eigenvalue weighted by Gasteiger charge is -2.23. The summed E-state index contributed by atoms with van der Waals surface area (Å²) in [6.45, 7) is 1.33. The predicted octanol–water partition coefficient (Wildman–Crippen LogP) is 1.22. The molecule has 2 rings (SSSR count). The number of imidazole rings is 1. The van der Waals surface area contributed by atoms with Gasteiger partial charge in [0, 0.05) is 8.95 Å². The zero-order chi connectivity index (χ0) is 15.0. The monoisotopic (exact) mass is 408 g/mol. The van der Waals surface area contributed by atoms with Crippen LogP contribution in [0.3, 0.4) is 0 Å². The highest BCUT2D eigenvalue weighted by Gasteiger charge is 2.31. The van der Waals surface area contributed by atoms with Crippen LogP contribution in [0.4, 0.5) is 0 Å². The molecule has 6 nitrogen and oxygen atoms in total. The smallest absolute Gasteiger partial charge is 0.140 e. The summed E-state index contributed by atoms with van der Waals surface area (Å²) in [5.41, 5.74) is 1.28. The van der Waals surface area contributed by atoms with Crippen LogP contribution in [0.5, 0.6) is 0 Å². The van der Waals surface area contributed by atoms with Crippen LogP contribution >= 0.6 is 31.9 Å². The molecule has 1 heterocycles. The van der Waals surface area contributed by atoms with Gasteiger partial charge >= 0.3 is 0 Å². The summed E-state index contributed by atoms with van der Waals surface area (Å²) in [4.78, 5) is 7.04. The van der Waals surface area contributed by atoms with Crippen LogP contribution < -0.4 is 0 Å². The lowest BCUT2D eigenvalue weighted by Crippen LogP contribution is -2.39. The number of aliphatic hydroxyl groups excluding tert-OH is 4. The molecule has 0 aliphatic rings. The van der Waals surface area contributed by atoms with E-state index in [9.17, 15) is 20.4 Å². The Morgan fingerprint density at radius 1 is 1.05 bits per heavy atom. The molecule has 0 fully saturated rings. The summed E-state index contributed by atoms with van der Waals surface area (Å²) >= 11 is 6.70. The highest BCUT2D eigenvalue weighted by Crippen LogP contribution is 2.29. The Labute approximate surface area is 131 Å². The number of benzene rings is 1. The minimum absolute atomic E-state index is 0.122. The van der Waals surface area contributed by atoms with Gasteiger partial charge in [0.25, 0.3) is 0 Å². The van der Waals surface area contributed by atoms with E-state index >= 15 is 0 Å². The van der Waals surface area contributed by atoms with Gasteiger partial charge in [-0.3, -0.25) is 0 Å². The lowest BCUT2D eigenvalue weighted by atomic mass is 10.0. The maximum atomic E-state index is 10.0. The number of aliphatic hydroxyl groups is 4. The van der Waals surface area contributed by atoms with Gasteiger partial charge in [-0.1, -0.05) is 0 Å². The van der Waals surface area contributed by atoms with Crippen LogP contribution in [0.15, 0.2) is 21.1 Å². The summed E-state index contributed by atoms with van der Waals surface area (Å²) < 4.78 is 1.63. The first-order valence-electron chi connectivity index (χ1n) is 5.88. The number of halogens is 2. The van der Waals surface area contributed by atoms with Crippen LogP contribution in [0, 0.1) is 0 Å². The molecule has 110 valence electrons. The zero-order valence-electron chi connectivity index (χ0n) is 10.5. The molecule has 0 radical (unpaired) electrons. The van der Waals surface area contributed by atoms with E-state index in [1.54, 1.807) is 12.1 Å². The second kappa shape index (κ2) is 6.08. The van der Waals surface area contributed by atoms with Crippen LogP contribution in [0.2, 0.25) is 0 Å². The fraction of sp³-hybridized carbons (Fsp3) is 0.417. The average Bonchev–Trinajstić information content (AvgIpc) is 2.79. The van der Waals surface area contributed by atoms with Crippen molar-refractivity contribution in [3.63, 3.8) is 0 Å². The number of fused-ring (bicyclic) bond motifs is 1. The topological polar surface area (TPSA) is 110 Å². The molecular weight excluding hydrogens is 396 g/mol.